The maximum absolute atomic E-state index is 10.7. The predicted molar refractivity (Wildman–Crippen MR) is 46.6 cm³/mol. The third kappa shape index (κ3) is 1.87. The van der Waals surface area contributed by atoms with Crippen LogP contribution in [0.1, 0.15) is 6.92 Å². The minimum atomic E-state index is -0.481. The molecule has 1 aliphatic rings. The summed E-state index contributed by atoms with van der Waals surface area (Å²) < 4.78 is 4.97. The fourth-order valence-corrected chi connectivity index (χ4v) is 1.11. The molecule has 0 aromatic rings. The molecule has 0 unspecified atom stereocenters. The summed E-state index contributed by atoms with van der Waals surface area (Å²) in [7, 11) is 0. The molecule has 1 saturated heterocycles. The van der Waals surface area contributed by atoms with Crippen LogP contribution in [-0.2, 0) is 9.53 Å². The van der Waals surface area contributed by atoms with Gasteiger partial charge in [0.2, 0.25) is 5.12 Å². The van der Waals surface area contributed by atoms with E-state index >= 15 is 0 Å². The zero-order valence-electron chi connectivity index (χ0n) is 6.70. The van der Waals surface area contributed by atoms with Crippen molar-refractivity contribution in [2.45, 2.75) is 6.92 Å². The first-order valence-electron chi connectivity index (χ1n) is 3.51. The van der Waals surface area contributed by atoms with Crippen LogP contribution in [0.4, 0.5) is 0 Å². The van der Waals surface area contributed by atoms with Gasteiger partial charge in [0.05, 0.1) is 13.2 Å². The number of hydrogen-bond acceptors (Lipinski definition) is 3. The van der Waals surface area contributed by atoms with E-state index in [1.807, 2.05) is 6.92 Å². The number of hydrogen-bond donors (Lipinski definition) is 1. The maximum Gasteiger partial charge on any atom is 0.226 e. The Morgan fingerprint density at radius 1 is 1.75 bits per heavy atom. The van der Waals surface area contributed by atoms with Gasteiger partial charge < -0.3 is 4.74 Å². The lowest BCUT2D eigenvalue weighted by atomic mass is 9.87. The molecule has 64 valence electrons. The Morgan fingerprint density at radius 3 is 2.58 bits per heavy atom. The first-order chi connectivity index (χ1) is 5.57. The molecular formula is C8H9NO2S. The highest BCUT2D eigenvalue weighted by molar-refractivity contribution is 7.97. The molecule has 0 saturated carbocycles. The Labute approximate surface area is 76.4 Å². The number of nitrogens with zero attached hydrogens (tertiary/aromatic N) is 1. The molecule has 0 radical (unpaired) electrons. The van der Waals surface area contributed by atoms with Gasteiger partial charge in [0, 0.05) is 5.41 Å². The second kappa shape index (κ2) is 3.30. The Morgan fingerprint density at radius 2 is 2.33 bits per heavy atom. The van der Waals surface area contributed by atoms with Gasteiger partial charge in [0.15, 0.2) is 0 Å². The Hall–Kier alpha value is -0.790. The monoisotopic (exact) mass is 183 g/mol. The quantitative estimate of drug-likeness (QED) is 0.393. The summed E-state index contributed by atoms with van der Waals surface area (Å²) in [5.41, 5.74) is -0.0483. The van der Waals surface area contributed by atoms with Crippen LogP contribution in [0.15, 0.2) is 11.6 Å². The van der Waals surface area contributed by atoms with Gasteiger partial charge in [0.25, 0.3) is 0 Å². The molecule has 0 spiro atoms. The van der Waals surface area contributed by atoms with Crippen molar-refractivity contribution < 1.29 is 9.53 Å². The number of rotatable bonds is 2. The summed E-state index contributed by atoms with van der Waals surface area (Å²) in [5.74, 6) is 0. The number of nitriles is 1. The third-order valence-electron chi connectivity index (χ3n) is 1.71. The maximum atomic E-state index is 10.7. The van der Waals surface area contributed by atoms with Gasteiger partial charge in [-0.1, -0.05) is 25.6 Å². The molecule has 4 heteroatoms. The second-order valence-corrected chi connectivity index (χ2v) is 3.53. The van der Waals surface area contributed by atoms with E-state index in [-0.39, 0.29) is 11.0 Å². The zero-order chi connectivity index (χ0) is 9.19. The van der Waals surface area contributed by atoms with E-state index in [0.29, 0.717) is 13.2 Å². The highest BCUT2D eigenvalue weighted by Crippen LogP contribution is 2.29. The molecule has 12 heavy (non-hydrogen) atoms. The molecule has 0 aromatic carbocycles. The van der Waals surface area contributed by atoms with Crippen LogP contribution in [0.2, 0.25) is 0 Å². The van der Waals surface area contributed by atoms with Crippen molar-refractivity contribution in [2.75, 3.05) is 13.2 Å². The first kappa shape index (κ1) is 9.30. The first-order valence-corrected chi connectivity index (χ1v) is 3.96. The molecule has 0 aromatic heterocycles. The molecule has 0 amide bonds. The van der Waals surface area contributed by atoms with Gasteiger partial charge in [-0.25, -0.2) is 0 Å². The Balaban J connectivity index is 2.78. The summed E-state index contributed by atoms with van der Waals surface area (Å²) >= 11 is 3.58. The van der Waals surface area contributed by atoms with Crippen LogP contribution < -0.4 is 0 Å². The largest absolute Gasteiger partial charge is 0.379 e. The number of carbonyl (C=O) groups is 1. The molecule has 1 fully saturated rings. The van der Waals surface area contributed by atoms with E-state index in [0.717, 1.165) is 0 Å². The molecule has 1 heterocycles. The van der Waals surface area contributed by atoms with Crippen molar-refractivity contribution in [2.24, 2.45) is 5.41 Å². The van der Waals surface area contributed by atoms with Gasteiger partial charge in [-0.2, -0.15) is 5.26 Å². The highest BCUT2D eigenvalue weighted by atomic mass is 32.1. The van der Waals surface area contributed by atoms with Crippen molar-refractivity contribution in [1.29, 1.82) is 5.26 Å². The summed E-state index contributed by atoms with van der Waals surface area (Å²) in [5, 5.41) is 8.07. The van der Waals surface area contributed by atoms with Gasteiger partial charge >= 0.3 is 0 Å². The Bertz CT molecular complexity index is 273. The minimum Gasteiger partial charge on any atom is -0.379 e. The average Bonchev–Trinajstić information content (AvgIpc) is 1.96. The van der Waals surface area contributed by atoms with Crippen LogP contribution in [-0.4, -0.2) is 18.3 Å². The van der Waals surface area contributed by atoms with Gasteiger partial charge in [-0.15, -0.1) is 0 Å². The normalized spacial score (nSPS) is 20.9. The van der Waals surface area contributed by atoms with Crippen molar-refractivity contribution in [3.63, 3.8) is 0 Å². The number of carbonyl (C=O) groups excluding carboxylic acids is 1. The van der Waals surface area contributed by atoms with Crippen LogP contribution in [0, 0.1) is 16.7 Å². The highest BCUT2D eigenvalue weighted by Gasteiger charge is 2.32. The van der Waals surface area contributed by atoms with Crippen molar-refractivity contribution >= 4 is 17.7 Å². The molecule has 1 aliphatic heterocycles. The standard InChI is InChI=1S/C8H9NO2S/c1-8(4-11-5-8)2-6(3-9)7(10)12/h2H,4-5H2,1H3,(H,10,12)/b6-2+. The number of thiol groups is 1. The average molecular weight is 183 g/mol. The second-order valence-electron chi connectivity index (χ2n) is 3.12. The van der Waals surface area contributed by atoms with Gasteiger partial charge in [0.1, 0.15) is 11.6 Å². The van der Waals surface area contributed by atoms with Gasteiger partial charge in [-0.05, 0) is 0 Å². The van der Waals surface area contributed by atoms with Crippen LogP contribution in [0.3, 0.4) is 0 Å². The zero-order valence-corrected chi connectivity index (χ0v) is 7.60. The molecule has 0 aliphatic carbocycles. The van der Waals surface area contributed by atoms with Crippen molar-refractivity contribution in [1.82, 2.24) is 0 Å². The van der Waals surface area contributed by atoms with Crippen molar-refractivity contribution in [3.05, 3.63) is 11.6 Å². The molecule has 3 nitrogen and oxygen atoms in total. The lowest BCUT2D eigenvalue weighted by molar-refractivity contribution is -0.107. The topological polar surface area (TPSA) is 50.1 Å². The summed E-state index contributed by atoms with van der Waals surface area (Å²) in [6, 6.07) is 1.81. The van der Waals surface area contributed by atoms with Crippen LogP contribution in [0.5, 0.6) is 0 Å². The summed E-state index contributed by atoms with van der Waals surface area (Å²) in [4.78, 5) is 10.7. The smallest absolute Gasteiger partial charge is 0.226 e. The lowest BCUT2D eigenvalue weighted by Gasteiger charge is -2.35. The van der Waals surface area contributed by atoms with Crippen LogP contribution >= 0.6 is 12.6 Å². The SMILES string of the molecule is CC1(/C=C(\C#N)C(=O)S)COC1. The van der Waals surface area contributed by atoms with E-state index in [2.05, 4.69) is 12.6 Å². The van der Waals surface area contributed by atoms with E-state index in [9.17, 15) is 4.79 Å². The molecular weight excluding hydrogens is 174 g/mol. The van der Waals surface area contributed by atoms with E-state index in [4.69, 9.17) is 10.00 Å². The van der Waals surface area contributed by atoms with E-state index in [1.54, 1.807) is 12.1 Å². The minimum absolute atomic E-state index is 0.101. The third-order valence-corrected chi connectivity index (χ3v) is 1.95. The van der Waals surface area contributed by atoms with Crippen LogP contribution in [0.25, 0.3) is 0 Å². The fraction of sp³-hybridized carbons (Fsp3) is 0.500. The Kier molecular flexibility index (Phi) is 2.55. The lowest BCUT2D eigenvalue weighted by Crippen LogP contribution is -2.38. The predicted octanol–water partition coefficient (Wildman–Crippen LogP) is 0.929. The number of ether oxygens (including phenoxy) is 1. The molecule has 0 N–H and O–H groups in total. The van der Waals surface area contributed by atoms with Crippen molar-refractivity contribution in [3.8, 4) is 6.07 Å². The van der Waals surface area contributed by atoms with E-state index < -0.39 is 5.12 Å². The summed E-state index contributed by atoms with van der Waals surface area (Å²) in [6.45, 7) is 3.07. The van der Waals surface area contributed by atoms with Gasteiger partial charge in [-0.3, -0.25) is 4.79 Å². The fourth-order valence-electron chi connectivity index (χ4n) is 0.998. The van der Waals surface area contributed by atoms with E-state index in [1.165, 1.54) is 0 Å². The molecule has 0 atom stereocenters. The summed E-state index contributed by atoms with van der Waals surface area (Å²) in [6.07, 6.45) is 1.63. The molecule has 0 bridgehead atoms. The molecule has 1 rings (SSSR count).